The van der Waals surface area contributed by atoms with Crippen LogP contribution < -0.4 is 5.32 Å². The van der Waals surface area contributed by atoms with E-state index < -0.39 is 10.0 Å². The summed E-state index contributed by atoms with van der Waals surface area (Å²) in [5.74, 6) is 0.791. The van der Waals surface area contributed by atoms with Crippen molar-refractivity contribution in [2.45, 2.75) is 32.2 Å². The van der Waals surface area contributed by atoms with Crippen LogP contribution in [0.4, 0.5) is 0 Å². The maximum atomic E-state index is 12.4. The minimum Gasteiger partial charge on any atom is -0.317 e. The highest BCUT2D eigenvalue weighted by Gasteiger charge is 2.29. The summed E-state index contributed by atoms with van der Waals surface area (Å²) in [6, 6.07) is 10.3. The lowest BCUT2D eigenvalue weighted by atomic mass is 9.91. The Morgan fingerprint density at radius 1 is 1.24 bits per heavy atom. The van der Waals surface area contributed by atoms with Crippen molar-refractivity contribution in [2.24, 2.45) is 5.92 Å². The Labute approximate surface area is 128 Å². The van der Waals surface area contributed by atoms with E-state index in [0.717, 1.165) is 18.4 Å². The molecule has 0 spiro atoms. The monoisotopic (exact) mass is 310 g/mol. The molecule has 0 aromatic heterocycles. The van der Waals surface area contributed by atoms with E-state index in [2.05, 4.69) is 12.2 Å². The zero-order valence-electron chi connectivity index (χ0n) is 13.0. The molecule has 1 fully saturated rings. The molecule has 1 heterocycles. The molecule has 1 aliphatic heterocycles. The lowest BCUT2D eigenvalue weighted by Gasteiger charge is -2.34. The summed E-state index contributed by atoms with van der Waals surface area (Å²) in [7, 11) is -1.16. The molecule has 21 heavy (non-hydrogen) atoms. The van der Waals surface area contributed by atoms with Gasteiger partial charge in [-0.1, -0.05) is 30.3 Å². The van der Waals surface area contributed by atoms with Gasteiger partial charge in [0.1, 0.15) is 0 Å². The van der Waals surface area contributed by atoms with Crippen LogP contribution in [0.25, 0.3) is 0 Å². The van der Waals surface area contributed by atoms with Gasteiger partial charge in [-0.3, -0.25) is 0 Å². The van der Waals surface area contributed by atoms with Gasteiger partial charge in [-0.15, -0.1) is 0 Å². The molecule has 118 valence electrons. The van der Waals surface area contributed by atoms with Crippen LogP contribution in [0.3, 0.4) is 0 Å². The highest BCUT2D eigenvalue weighted by Crippen LogP contribution is 2.22. The first-order chi connectivity index (χ1) is 10.0. The molecule has 0 saturated carbocycles. The van der Waals surface area contributed by atoms with Crippen molar-refractivity contribution < 1.29 is 8.42 Å². The number of nitrogens with zero attached hydrogens (tertiary/aromatic N) is 1. The molecule has 0 radical (unpaired) electrons. The molecule has 1 aromatic carbocycles. The zero-order valence-corrected chi connectivity index (χ0v) is 13.8. The van der Waals surface area contributed by atoms with Crippen molar-refractivity contribution >= 4 is 10.0 Å². The maximum Gasteiger partial charge on any atom is 0.214 e. The van der Waals surface area contributed by atoms with Crippen molar-refractivity contribution in [1.82, 2.24) is 9.62 Å². The van der Waals surface area contributed by atoms with Gasteiger partial charge >= 0.3 is 0 Å². The molecule has 1 unspecified atom stereocenters. The molecule has 1 N–H and O–H groups in total. The Balaban J connectivity index is 1.87. The molecule has 1 aliphatic rings. The SMILES string of the molecule is CNC(C)C1CCN(S(=O)(=O)CCc2ccccc2)CC1. The van der Waals surface area contributed by atoms with Gasteiger partial charge in [-0.25, -0.2) is 12.7 Å². The maximum absolute atomic E-state index is 12.4. The third kappa shape index (κ3) is 4.53. The Hall–Kier alpha value is -0.910. The smallest absolute Gasteiger partial charge is 0.214 e. The Bertz CT molecular complexity index is 522. The minimum absolute atomic E-state index is 0.212. The van der Waals surface area contributed by atoms with Crippen molar-refractivity contribution in [3.8, 4) is 0 Å². The van der Waals surface area contributed by atoms with E-state index in [4.69, 9.17) is 0 Å². The van der Waals surface area contributed by atoms with Gasteiger partial charge in [0.15, 0.2) is 0 Å². The minimum atomic E-state index is -3.12. The summed E-state index contributed by atoms with van der Waals surface area (Å²) < 4.78 is 26.5. The van der Waals surface area contributed by atoms with Gasteiger partial charge in [0.25, 0.3) is 0 Å². The summed E-state index contributed by atoms with van der Waals surface area (Å²) in [5.41, 5.74) is 1.08. The molecule has 0 bridgehead atoms. The highest BCUT2D eigenvalue weighted by atomic mass is 32.2. The third-order valence-electron chi connectivity index (χ3n) is 4.55. The summed E-state index contributed by atoms with van der Waals surface area (Å²) in [6.07, 6.45) is 2.50. The number of piperidine rings is 1. The number of nitrogens with one attached hydrogen (secondary N) is 1. The van der Waals surface area contributed by atoms with E-state index in [-0.39, 0.29) is 5.75 Å². The van der Waals surface area contributed by atoms with Crippen molar-refractivity contribution in [2.75, 3.05) is 25.9 Å². The molecule has 1 aromatic rings. The molecular formula is C16H26N2O2S. The second-order valence-electron chi connectivity index (χ2n) is 5.87. The van der Waals surface area contributed by atoms with Crippen molar-refractivity contribution in [3.63, 3.8) is 0 Å². The first-order valence-electron chi connectivity index (χ1n) is 7.72. The number of rotatable bonds is 6. The lowest BCUT2D eigenvalue weighted by Crippen LogP contribution is -2.44. The van der Waals surface area contributed by atoms with Crippen molar-refractivity contribution in [3.05, 3.63) is 35.9 Å². The topological polar surface area (TPSA) is 49.4 Å². The van der Waals surface area contributed by atoms with Crippen LogP contribution in [0.15, 0.2) is 30.3 Å². The van der Waals surface area contributed by atoms with E-state index in [9.17, 15) is 8.42 Å². The zero-order chi connectivity index (χ0) is 15.3. The van der Waals surface area contributed by atoms with Gasteiger partial charge in [0.2, 0.25) is 10.0 Å². The largest absolute Gasteiger partial charge is 0.317 e. The van der Waals surface area contributed by atoms with E-state index in [0.29, 0.717) is 31.5 Å². The fraction of sp³-hybridized carbons (Fsp3) is 0.625. The standard InChI is InChI=1S/C16H26N2O2S/c1-14(17-2)16-8-11-18(12-9-16)21(19,20)13-10-15-6-4-3-5-7-15/h3-7,14,16-17H,8-13H2,1-2H3. The average molecular weight is 310 g/mol. The van der Waals surface area contributed by atoms with Gasteiger partial charge in [-0.05, 0) is 44.7 Å². The second-order valence-corrected chi connectivity index (χ2v) is 7.95. The van der Waals surface area contributed by atoms with E-state index >= 15 is 0 Å². The van der Waals surface area contributed by atoms with Crippen LogP contribution in [-0.4, -0.2) is 44.7 Å². The van der Waals surface area contributed by atoms with Gasteiger partial charge in [0, 0.05) is 19.1 Å². The molecule has 0 amide bonds. The fourth-order valence-electron chi connectivity index (χ4n) is 2.91. The highest BCUT2D eigenvalue weighted by molar-refractivity contribution is 7.89. The van der Waals surface area contributed by atoms with Crippen molar-refractivity contribution in [1.29, 1.82) is 0 Å². The normalized spacial score (nSPS) is 19.5. The molecule has 2 rings (SSSR count). The van der Waals surface area contributed by atoms with Gasteiger partial charge in [0.05, 0.1) is 5.75 Å². The molecule has 1 atom stereocenters. The van der Waals surface area contributed by atoms with E-state index in [1.807, 2.05) is 37.4 Å². The fourth-order valence-corrected chi connectivity index (χ4v) is 4.43. The lowest BCUT2D eigenvalue weighted by molar-refractivity contribution is 0.236. The van der Waals surface area contributed by atoms with Crippen LogP contribution in [-0.2, 0) is 16.4 Å². The molecule has 0 aliphatic carbocycles. The third-order valence-corrected chi connectivity index (χ3v) is 6.42. The molecule has 1 saturated heterocycles. The molecular weight excluding hydrogens is 284 g/mol. The van der Waals surface area contributed by atoms with Crippen LogP contribution in [0.2, 0.25) is 0 Å². The number of benzene rings is 1. The van der Waals surface area contributed by atoms with E-state index in [1.165, 1.54) is 0 Å². The predicted octanol–water partition coefficient (Wildman–Crippen LogP) is 1.88. The number of sulfonamides is 1. The summed E-state index contributed by atoms with van der Waals surface area (Å²) in [5, 5.41) is 3.27. The van der Waals surface area contributed by atoms with Crippen LogP contribution >= 0.6 is 0 Å². The first-order valence-corrected chi connectivity index (χ1v) is 9.33. The van der Waals surface area contributed by atoms with Gasteiger partial charge in [-0.2, -0.15) is 0 Å². The Morgan fingerprint density at radius 2 is 1.86 bits per heavy atom. The van der Waals surface area contributed by atoms with Crippen LogP contribution in [0.1, 0.15) is 25.3 Å². The number of hydrogen-bond donors (Lipinski definition) is 1. The quantitative estimate of drug-likeness (QED) is 0.873. The Kier molecular flexibility index (Phi) is 5.79. The summed E-state index contributed by atoms with van der Waals surface area (Å²) in [4.78, 5) is 0. The molecule has 4 nitrogen and oxygen atoms in total. The average Bonchev–Trinajstić information content (AvgIpc) is 2.53. The van der Waals surface area contributed by atoms with E-state index in [1.54, 1.807) is 4.31 Å². The summed E-state index contributed by atoms with van der Waals surface area (Å²) in [6.45, 7) is 3.49. The second kappa shape index (κ2) is 7.38. The molecule has 5 heteroatoms. The van der Waals surface area contributed by atoms with Crippen LogP contribution in [0.5, 0.6) is 0 Å². The first kappa shape index (κ1) is 16.5. The number of aryl methyl sites for hydroxylation is 1. The summed E-state index contributed by atoms with van der Waals surface area (Å²) >= 11 is 0. The number of hydrogen-bond acceptors (Lipinski definition) is 3. The van der Waals surface area contributed by atoms with Crippen LogP contribution in [0, 0.1) is 5.92 Å². The predicted molar refractivity (Wildman–Crippen MR) is 86.8 cm³/mol. The Morgan fingerprint density at radius 3 is 2.43 bits per heavy atom. The van der Waals surface area contributed by atoms with Gasteiger partial charge < -0.3 is 5.32 Å².